The number of hydrogen-bond donors (Lipinski definition) is 1. The van der Waals surface area contributed by atoms with Crippen LogP contribution in [0.1, 0.15) is 36.0 Å². The topological polar surface area (TPSA) is 59.2 Å². The number of carbonyl (C=O) groups is 1. The van der Waals surface area contributed by atoms with Crippen molar-refractivity contribution >= 4 is 16.8 Å². The molecule has 4 nitrogen and oxygen atoms in total. The van der Waals surface area contributed by atoms with Gasteiger partial charge >= 0.3 is 0 Å². The first-order chi connectivity index (χ1) is 10.3. The molecule has 110 valence electrons. The van der Waals surface area contributed by atoms with Crippen molar-refractivity contribution in [3.05, 3.63) is 42.1 Å². The van der Waals surface area contributed by atoms with Gasteiger partial charge in [-0.2, -0.15) is 0 Å². The molecule has 2 N–H and O–H groups in total. The largest absolute Gasteiger partial charge is 0.336 e. The second kappa shape index (κ2) is 6.22. The van der Waals surface area contributed by atoms with E-state index in [2.05, 4.69) is 4.98 Å². The molecule has 1 aliphatic rings. The Morgan fingerprint density at radius 3 is 3.05 bits per heavy atom. The SMILES string of the molecule is NCCCC1CCCN1C(=O)c1ccnc2ccccc12. The first-order valence-electron chi connectivity index (χ1n) is 7.66. The zero-order valence-electron chi connectivity index (χ0n) is 12.2. The summed E-state index contributed by atoms with van der Waals surface area (Å²) in [6.07, 6.45) is 5.88. The van der Waals surface area contributed by atoms with E-state index in [9.17, 15) is 4.79 Å². The van der Waals surface area contributed by atoms with Gasteiger partial charge in [-0.25, -0.2) is 0 Å². The maximum Gasteiger partial charge on any atom is 0.254 e. The predicted octanol–water partition coefficient (Wildman–Crippen LogP) is 2.58. The van der Waals surface area contributed by atoms with Gasteiger partial charge in [-0.05, 0) is 44.4 Å². The smallest absolute Gasteiger partial charge is 0.254 e. The van der Waals surface area contributed by atoms with Crippen molar-refractivity contribution in [1.82, 2.24) is 9.88 Å². The van der Waals surface area contributed by atoms with Crippen LogP contribution in [0.2, 0.25) is 0 Å². The molecule has 3 rings (SSSR count). The van der Waals surface area contributed by atoms with E-state index in [-0.39, 0.29) is 5.91 Å². The normalized spacial score (nSPS) is 18.3. The highest BCUT2D eigenvalue weighted by atomic mass is 16.2. The van der Waals surface area contributed by atoms with Crippen molar-refractivity contribution in [2.75, 3.05) is 13.1 Å². The lowest BCUT2D eigenvalue weighted by Gasteiger charge is -2.25. The molecule has 0 saturated carbocycles. The summed E-state index contributed by atoms with van der Waals surface area (Å²) in [5.74, 6) is 0.133. The molecule has 0 bridgehead atoms. The molecule has 1 aliphatic heterocycles. The number of pyridine rings is 1. The van der Waals surface area contributed by atoms with Crippen LogP contribution < -0.4 is 5.73 Å². The van der Waals surface area contributed by atoms with Crippen molar-refractivity contribution in [3.8, 4) is 0 Å². The lowest BCUT2D eigenvalue weighted by Crippen LogP contribution is -2.35. The Hall–Kier alpha value is -1.94. The second-order valence-electron chi connectivity index (χ2n) is 5.60. The van der Waals surface area contributed by atoms with Gasteiger partial charge in [0.25, 0.3) is 5.91 Å². The summed E-state index contributed by atoms with van der Waals surface area (Å²) >= 11 is 0. The van der Waals surface area contributed by atoms with Crippen molar-refractivity contribution in [3.63, 3.8) is 0 Å². The Bertz CT molecular complexity index is 635. The fourth-order valence-corrected chi connectivity index (χ4v) is 3.19. The van der Waals surface area contributed by atoms with Gasteiger partial charge in [-0.3, -0.25) is 9.78 Å². The average molecular weight is 283 g/mol. The predicted molar refractivity (Wildman–Crippen MR) is 84.1 cm³/mol. The van der Waals surface area contributed by atoms with Crippen LogP contribution in [0.4, 0.5) is 0 Å². The molecule has 21 heavy (non-hydrogen) atoms. The molecule has 1 fully saturated rings. The summed E-state index contributed by atoms with van der Waals surface area (Å²) < 4.78 is 0. The lowest BCUT2D eigenvalue weighted by molar-refractivity contribution is 0.0731. The van der Waals surface area contributed by atoms with Crippen LogP contribution in [0.3, 0.4) is 0 Å². The zero-order chi connectivity index (χ0) is 14.7. The van der Waals surface area contributed by atoms with Crippen molar-refractivity contribution in [2.24, 2.45) is 5.73 Å². The van der Waals surface area contributed by atoms with E-state index in [0.29, 0.717) is 12.6 Å². The van der Waals surface area contributed by atoms with E-state index in [4.69, 9.17) is 5.73 Å². The van der Waals surface area contributed by atoms with E-state index in [1.165, 1.54) is 0 Å². The van der Waals surface area contributed by atoms with Crippen LogP contribution in [0.5, 0.6) is 0 Å². The number of para-hydroxylation sites is 1. The molecule has 1 atom stereocenters. The van der Waals surface area contributed by atoms with Gasteiger partial charge in [0, 0.05) is 24.2 Å². The van der Waals surface area contributed by atoms with Gasteiger partial charge in [-0.1, -0.05) is 18.2 Å². The van der Waals surface area contributed by atoms with E-state index >= 15 is 0 Å². The highest BCUT2D eigenvalue weighted by Crippen LogP contribution is 2.25. The molecule has 4 heteroatoms. The van der Waals surface area contributed by atoms with Gasteiger partial charge in [-0.15, -0.1) is 0 Å². The molecule has 1 aromatic heterocycles. The molecule has 1 aromatic carbocycles. The monoisotopic (exact) mass is 283 g/mol. The van der Waals surface area contributed by atoms with Gasteiger partial charge in [0.2, 0.25) is 0 Å². The lowest BCUT2D eigenvalue weighted by atomic mass is 10.1. The Morgan fingerprint density at radius 1 is 1.33 bits per heavy atom. The molecule has 1 amide bonds. The van der Waals surface area contributed by atoms with Crippen LogP contribution in [0, 0.1) is 0 Å². The highest BCUT2D eigenvalue weighted by Gasteiger charge is 2.29. The standard InChI is InChI=1S/C17H21N3O/c18-10-3-5-13-6-4-12-20(13)17(21)15-9-11-19-16-8-2-1-7-14(15)16/h1-2,7-9,11,13H,3-6,10,12,18H2. The number of aromatic nitrogens is 1. The first kappa shape index (κ1) is 14.0. The number of hydrogen-bond acceptors (Lipinski definition) is 3. The fraction of sp³-hybridized carbons (Fsp3) is 0.412. The number of rotatable bonds is 4. The third-order valence-electron chi connectivity index (χ3n) is 4.26. The maximum absolute atomic E-state index is 12.9. The molecule has 2 heterocycles. The van der Waals surface area contributed by atoms with E-state index < -0.39 is 0 Å². The third kappa shape index (κ3) is 2.76. The molecule has 0 radical (unpaired) electrons. The number of fused-ring (bicyclic) bond motifs is 1. The second-order valence-corrected chi connectivity index (χ2v) is 5.60. The quantitative estimate of drug-likeness (QED) is 0.938. The van der Waals surface area contributed by atoms with Gasteiger partial charge in [0.05, 0.1) is 11.1 Å². The van der Waals surface area contributed by atoms with Crippen LogP contribution in [0.25, 0.3) is 10.9 Å². The summed E-state index contributed by atoms with van der Waals surface area (Å²) in [7, 11) is 0. The first-order valence-corrected chi connectivity index (χ1v) is 7.66. The molecule has 1 unspecified atom stereocenters. The van der Waals surface area contributed by atoms with Crippen LogP contribution in [-0.4, -0.2) is 34.9 Å². The zero-order valence-corrected chi connectivity index (χ0v) is 12.2. The maximum atomic E-state index is 12.9. The van der Waals surface area contributed by atoms with Gasteiger partial charge in [0.15, 0.2) is 0 Å². The number of nitrogens with zero attached hydrogens (tertiary/aromatic N) is 2. The third-order valence-corrected chi connectivity index (χ3v) is 4.26. The molecule has 0 spiro atoms. The fourth-order valence-electron chi connectivity index (χ4n) is 3.19. The average Bonchev–Trinajstić information content (AvgIpc) is 3.00. The number of likely N-dealkylation sites (tertiary alicyclic amines) is 1. The van der Waals surface area contributed by atoms with Crippen LogP contribution in [0.15, 0.2) is 36.5 Å². The summed E-state index contributed by atoms with van der Waals surface area (Å²) in [6, 6.07) is 10.00. The van der Waals surface area contributed by atoms with Crippen LogP contribution >= 0.6 is 0 Å². The molecule has 1 saturated heterocycles. The van der Waals surface area contributed by atoms with Crippen molar-refractivity contribution in [2.45, 2.75) is 31.7 Å². The minimum Gasteiger partial charge on any atom is -0.336 e. The Morgan fingerprint density at radius 2 is 2.19 bits per heavy atom. The Kier molecular flexibility index (Phi) is 4.15. The Labute approximate surface area is 125 Å². The summed E-state index contributed by atoms with van der Waals surface area (Å²) in [5, 5.41) is 0.939. The number of carbonyl (C=O) groups excluding carboxylic acids is 1. The molecule has 0 aliphatic carbocycles. The highest BCUT2D eigenvalue weighted by molar-refractivity contribution is 6.06. The minimum absolute atomic E-state index is 0.133. The molecular weight excluding hydrogens is 262 g/mol. The van der Waals surface area contributed by atoms with E-state index in [1.807, 2.05) is 35.2 Å². The minimum atomic E-state index is 0.133. The van der Waals surface area contributed by atoms with E-state index in [0.717, 1.165) is 48.7 Å². The number of benzene rings is 1. The van der Waals surface area contributed by atoms with Gasteiger partial charge in [0.1, 0.15) is 0 Å². The summed E-state index contributed by atoms with van der Waals surface area (Å²) in [5.41, 5.74) is 7.24. The molecule has 2 aromatic rings. The molecular formula is C17H21N3O. The van der Waals surface area contributed by atoms with E-state index in [1.54, 1.807) is 6.20 Å². The van der Waals surface area contributed by atoms with Crippen LogP contribution in [-0.2, 0) is 0 Å². The van der Waals surface area contributed by atoms with Gasteiger partial charge < -0.3 is 10.6 Å². The summed E-state index contributed by atoms with van der Waals surface area (Å²) in [6.45, 7) is 1.54. The Balaban J connectivity index is 1.89. The number of amides is 1. The van der Waals surface area contributed by atoms with Crippen molar-refractivity contribution in [1.29, 1.82) is 0 Å². The van der Waals surface area contributed by atoms with Crippen molar-refractivity contribution < 1.29 is 4.79 Å². The summed E-state index contributed by atoms with van der Waals surface area (Å²) in [4.78, 5) is 19.3. The number of nitrogens with two attached hydrogens (primary N) is 1.